The summed E-state index contributed by atoms with van der Waals surface area (Å²) in [7, 11) is -2.36. The highest BCUT2D eigenvalue weighted by Gasteiger charge is 2.37. The van der Waals surface area contributed by atoms with Crippen LogP contribution in [0.1, 0.15) is 39.7 Å². The van der Waals surface area contributed by atoms with Crippen molar-refractivity contribution in [3.63, 3.8) is 0 Å². The van der Waals surface area contributed by atoms with Crippen molar-refractivity contribution in [2.24, 2.45) is 0 Å². The van der Waals surface area contributed by atoms with E-state index < -0.39 is 25.8 Å². The highest BCUT2D eigenvalue weighted by Crippen LogP contribution is 2.34. The van der Waals surface area contributed by atoms with Crippen LogP contribution in [0.25, 0.3) is 0 Å². The van der Waals surface area contributed by atoms with Crippen molar-refractivity contribution in [2.45, 2.75) is 57.7 Å². The molecule has 1 rings (SSSR count). The highest BCUT2D eigenvalue weighted by molar-refractivity contribution is 6.75. The molecule has 0 spiro atoms. The summed E-state index contributed by atoms with van der Waals surface area (Å²) >= 11 is 0. The topological polar surface area (TPSA) is 20.2 Å². The number of aryl methyl sites for hydroxylation is 1. The smallest absolute Gasteiger partial charge is 0.194 e. The molecule has 114 valence electrons. The molecule has 0 fully saturated rings. The molecule has 0 radical (unpaired) electrons. The number of halogens is 3. The minimum absolute atomic E-state index is 0.240. The molecule has 0 saturated carbocycles. The summed E-state index contributed by atoms with van der Waals surface area (Å²) in [4.78, 5) is 10.7. The fraction of sp³-hybridized carbons (Fsp3) is 0.600. The van der Waals surface area contributed by atoms with Crippen LogP contribution in [0.2, 0.25) is 17.1 Å². The highest BCUT2D eigenvalue weighted by atomic mass is 28.4. The van der Waals surface area contributed by atoms with Crippen LogP contribution in [0.15, 0.2) is 12.1 Å². The van der Waals surface area contributed by atoms with E-state index >= 15 is 0 Å². The number of benzene rings is 1. The summed E-state index contributed by atoms with van der Waals surface area (Å²) in [5.41, 5.74) is 0.915. The number of rotatable bonds is 6. The number of hydrogen-bond acceptors (Lipinski definition) is 1. The van der Waals surface area contributed by atoms with Gasteiger partial charge in [0.15, 0.2) is 25.8 Å². The van der Waals surface area contributed by atoms with Crippen LogP contribution in [-0.2, 0) is 6.42 Å². The summed E-state index contributed by atoms with van der Waals surface area (Å²) in [6.45, 7) is 8.07. The largest absolute Gasteiger partial charge is 0.431 e. The molecule has 0 aromatic heterocycles. The molecule has 0 aliphatic carbocycles. The summed E-state index contributed by atoms with van der Waals surface area (Å²) in [5, 5.41) is 0. The molecule has 0 unspecified atom stereocenters. The lowest BCUT2D eigenvalue weighted by Gasteiger charge is -2.33. The normalized spacial score (nSPS) is 12.5. The molecule has 0 amide bonds. The van der Waals surface area contributed by atoms with E-state index in [2.05, 4.69) is 0 Å². The first kappa shape index (κ1) is 17.2. The number of hydrogen-bond donors (Lipinski definition) is 1. The van der Waals surface area contributed by atoms with Gasteiger partial charge < -0.3 is 4.80 Å². The van der Waals surface area contributed by atoms with Gasteiger partial charge in [-0.25, -0.2) is 13.2 Å². The van der Waals surface area contributed by atoms with Crippen molar-refractivity contribution in [3.8, 4) is 0 Å². The van der Waals surface area contributed by atoms with Crippen molar-refractivity contribution < 1.29 is 18.0 Å². The molecule has 1 nitrogen and oxygen atoms in total. The zero-order chi connectivity index (χ0) is 15.5. The van der Waals surface area contributed by atoms with Gasteiger partial charge in [-0.3, -0.25) is 0 Å². The average Bonchev–Trinajstić information content (AvgIpc) is 2.35. The Bertz CT molecular complexity index is 429. The molecular formula is C15H23F3OSi. The Morgan fingerprint density at radius 1 is 1.00 bits per heavy atom. The van der Waals surface area contributed by atoms with Crippen molar-refractivity contribution in [1.29, 1.82) is 0 Å². The molecule has 0 saturated heterocycles. The van der Waals surface area contributed by atoms with Crippen molar-refractivity contribution in [3.05, 3.63) is 35.1 Å². The van der Waals surface area contributed by atoms with E-state index in [1.807, 2.05) is 27.7 Å². The third-order valence-corrected chi connectivity index (χ3v) is 9.24. The summed E-state index contributed by atoms with van der Waals surface area (Å²) in [6, 6.07) is 2.75. The Kier molecular flexibility index (Phi) is 5.83. The van der Waals surface area contributed by atoms with Gasteiger partial charge in [-0.1, -0.05) is 27.7 Å². The Morgan fingerprint density at radius 2 is 1.45 bits per heavy atom. The van der Waals surface area contributed by atoms with E-state index in [-0.39, 0.29) is 11.1 Å². The quantitative estimate of drug-likeness (QED) is 0.591. The van der Waals surface area contributed by atoms with E-state index in [0.29, 0.717) is 24.4 Å². The summed E-state index contributed by atoms with van der Waals surface area (Å²) in [5.74, 6) is -3.73. The first-order valence-electron chi connectivity index (χ1n) is 7.04. The molecule has 0 aliphatic rings. The molecule has 1 aromatic carbocycles. The maximum atomic E-state index is 13.1. The van der Waals surface area contributed by atoms with Crippen LogP contribution in [0.3, 0.4) is 0 Å². The van der Waals surface area contributed by atoms with Crippen LogP contribution >= 0.6 is 0 Å². The van der Waals surface area contributed by atoms with Gasteiger partial charge in [0.2, 0.25) is 0 Å². The molecule has 20 heavy (non-hydrogen) atoms. The second-order valence-electron chi connectivity index (χ2n) is 6.03. The summed E-state index contributed by atoms with van der Waals surface area (Å²) < 4.78 is 39.1. The monoisotopic (exact) mass is 304 g/mol. The van der Waals surface area contributed by atoms with E-state index in [1.54, 1.807) is 0 Å². The van der Waals surface area contributed by atoms with Crippen molar-refractivity contribution >= 4 is 8.32 Å². The van der Waals surface area contributed by atoms with Gasteiger partial charge in [-0.15, -0.1) is 0 Å². The molecule has 0 bridgehead atoms. The van der Waals surface area contributed by atoms with E-state index in [4.69, 9.17) is 0 Å². The lowest BCUT2D eigenvalue weighted by molar-refractivity contribution is 0.445. The molecule has 1 N–H and O–H groups in total. The lowest BCUT2D eigenvalue weighted by Crippen LogP contribution is -2.41. The van der Waals surface area contributed by atoms with Crippen molar-refractivity contribution in [1.82, 2.24) is 0 Å². The van der Waals surface area contributed by atoms with Gasteiger partial charge in [-0.05, 0) is 47.7 Å². The van der Waals surface area contributed by atoms with Crippen molar-refractivity contribution in [2.75, 3.05) is 0 Å². The Balaban J connectivity index is 2.69. The first-order valence-corrected chi connectivity index (χ1v) is 9.35. The van der Waals surface area contributed by atoms with Gasteiger partial charge in [0, 0.05) is 0 Å². The first-order chi connectivity index (χ1) is 9.18. The zero-order valence-electron chi connectivity index (χ0n) is 12.5. The molecule has 5 heteroatoms. The average molecular weight is 304 g/mol. The standard InChI is InChI=1S/C15H23F3OSi/c1-10(2)20(19,11(3)4)7-5-6-12-8-13(16)15(18)14(17)9-12/h8-11,19H,5-7H2,1-4H3. The Morgan fingerprint density at radius 3 is 1.85 bits per heavy atom. The van der Waals surface area contributed by atoms with E-state index in [1.165, 1.54) is 0 Å². The fourth-order valence-electron chi connectivity index (χ4n) is 2.57. The minimum Gasteiger partial charge on any atom is -0.431 e. The molecule has 1 aromatic rings. The van der Waals surface area contributed by atoms with E-state index in [9.17, 15) is 18.0 Å². The molecular weight excluding hydrogens is 281 g/mol. The maximum Gasteiger partial charge on any atom is 0.194 e. The molecule has 0 aliphatic heterocycles. The van der Waals surface area contributed by atoms with Crippen LogP contribution in [0, 0.1) is 17.5 Å². The predicted octanol–water partition coefficient (Wildman–Crippen LogP) is 4.79. The predicted molar refractivity (Wildman–Crippen MR) is 77.6 cm³/mol. The Labute approximate surface area is 120 Å². The van der Waals surface area contributed by atoms with Crippen LogP contribution in [0.4, 0.5) is 13.2 Å². The summed E-state index contributed by atoms with van der Waals surface area (Å²) in [6.07, 6.45) is 1.10. The van der Waals surface area contributed by atoms with Crippen LogP contribution in [0.5, 0.6) is 0 Å². The van der Waals surface area contributed by atoms with Gasteiger partial charge in [0.1, 0.15) is 0 Å². The van der Waals surface area contributed by atoms with Gasteiger partial charge >= 0.3 is 0 Å². The van der Waals surface area contributed by atoms with E-state index in [0.717, 1.165) is 12.1 Å². The Hall–Kier alpha value is -0.813. The third-order valence-electron chi connectivity index (χ3n) is 4.09. The SMILES string of the molecule is CC(C)[Si](O)(CCCc1cc(F)c(F)c(F)c1)C(C)C. The minimum atomic E-state index is -2.36. The zero-order valence-corrected chi connectivity index (χ0v) is 13.5. The molecule has 0 atom stereocenters. The lowest BCUT2D eigenvalue weighted by atomic mass is 10.1. The second-order valence-corrected chi connectivity index (χ2v) is 10.8. The maximum absolute atomic E-state index is 13.1. The van der Waals surface area contributed by atoms with Crippen LogP contribution < -0.4 is 0 Å². The van der Waals surface area contributed by atoms with Gasteiger partial charge in [-0.2, -0.15) is 0 Å². The van der Waals surface area contributed by atoms with Gasteiger partial charge in [0.25, 0.3) is 0 Å². The van der Waals surface area contributed by atoms with Crippen LogP contribution in [-0.4, -0.2) is 13.1 Å². The third kappa shape index (κ3) is 3.85. The second kappa shape index (κ2) is 6.76. The molecule has 0 heterocycles. The van der Waals surface area contributed by atoms with Gasteiger partial charge in [0.05, 0.1) is 0 Å². The fourth-order valence-corrected chi connectivity index (χ4v) is 5.80.